The number of nitrogens with one attached hydrogen (secondary N) is 1. The normalized spacial score (nSPS) is 14.6. The average molecular weight is 945 g/mol. The highest BCUT2D eigenvalue weighted by atomic mass is 31.2. The smallest absolute Gasteiger partial charge is 0.268 e. The van der Waals surface area contributed by atoms with Gasteiger partial charge in [0.2, 0.25) is 5.91 Å². The molecule has 8 nitrogen and oxygen atoms in total. The molecule has 0 radical (unpaired) electrons. The van der Waals surface area contributed by atoms with Crippen LogP contribution in [0.5, 0.6) is 0 Å². The highest BCUT2D eigenvalue weighted by Gasteiger charge is 2.24. The molecule has 0 fully saturated rings. The number of aliphatic hydroxyl groups excluding tert-OH is 1. The Hall–Kier alpha value is -2.06. The molecule has 0 aromatic heterocycles. The van der Waals surface area contributed by atoms with E-state index in [1.54, 1.807) is 0 Å². The fraction of sp³-hybridized carbons (Fsp3) is 0.772. The van der Waals surface area contributed by atoms with Crippen molar-refractivity contribution in [3.05, 3.63) is 72.9 Å². The number of aliphatic hydroxyl groups is 1. The van der Waals surface area contributed by atoms with Crippen LogP contribution in [-0.4, -0.2) is 68.5 Å². The zero-order chi connectivity index (χ0) is 48.5. The van der Waals surface area contributed by atoms with E-state index in [9.17, 15) is 19.4 Å². The third-order valence-electron chi connectivity index (χ3n) is 12.0. The van der Waals surface area contributed by atoms with Crippen LogP contribution >= 0.6 is 7.82 Å². The zero-order valence-electron chi connectivity index (χ0n) is 43.6. The van der Waals surface area contributed by atoms with Crippen LogP contribution in [0.1, 0.15) is 232 Å². The summed E-state index contributed by atoms with van der Waals surface area (Å²) < 4.78 is 23.4. The van der Waals surface area contributed by atoms with Crippen molar-refractivity contribution in [3.63, 3.8) is 0 Å². The predicted molar refractivity (Wildman–Crippen MR) is 284 cm³/mol. The molecule has 0 aromatic rings. The minimum absolute atomic E-state index is 0.00568. The Morgan fingerprint density at radius 1 is 0.545 bits per heavy atom. The number of rotatable bonds is 49. The lowest BCUT2D eigenvalue weighted by molar-refractivity contribution is -0.870. The molecule has 0 aromatic carbocycles. The van der Waals surface area contributed by atoms with Crippen LogP contribution in [0.4, 0.5) is 0 Å². The highest BCUT2D eigenvalue weighted by Crippen LogP contribution is 2.38. The number of allylic oxidation sites excluding steroid dienone is 12. The lowest BCUT2D eigenvalue weighted by Crippen LogP contribution is -2.46. The number of nitrogens with zero attached hydrogens (tertiary/aromatic N) is 1. The van der Waals surface area contributed by atoms with Crippen molar-refractivity contribution in [2.24, 2.45) is 0 Å². The number of carbonyl (C=O) groups is 1. The van der Waals surface area contributed by atoms with Gasteiger partial charge in [0.15, 0.2) is 0 Å². The summed E-state index contributed by atoms with van der Waals surface area (Å²) in [6, 6.07) is -0.814. The molecular formula is C57H105N2O6P. The fourth-order valence-electron chi connectivity index (χ4n) is 7.69. The maximum Gasteiger partial charge on any atom is 0.268 e. The van der Waals surface area contributed by atoms with Crippen LogP contribution < -0.4 is 10.2 Å². The number of hydrogen-bond acceptors (Lipinski definition) is 6. The van der Waals surface area contributed by atoms with Crippen LogP contribution in [0.15, 0.2) is 72.9 Å². The first kappa shape index (κ1) is 63.9. The molecule has 0 heterocycles. The fourth-order valence-corrected chi connectivity index (χ4v) is 8.41. The first-order valence-electron chi connectivity index (χ1n) is 27.3. The number of phosphoric ester groups is 1. The van der Waals surface area contributed by atoms with Gasteiger partial charge >= 0.3 is 0 Å². The molecule has 9 heteroatoms. The Labute approximate surface area is 408 Å². The third-order valence-corrected chi connectivity index (χ3v) is 12.9. The zero-order valence-corrected chi connectivity index (χ0v) is 44.5. The van der Waals surface area contributed by atoms with Crippen molar-refractivity contribution < 1.29 is 32.9 Å². The standard InChI is InChI=1S/C57H105N2O6P/c1-6-8-10-12-14-16-18-20-22-24-26-27-28-29-30-31-33-35-37-39-41-43-45-47-49-51-57(61)58-55(54-65-66(62,63)64-53-52-59(3,4)5)56(60)50-48-46-44-42-40-38-36-34-32-25-23-21-19-17-15-13-11-9-7-2/h8,10,14,16,20,22,26-27,29-30,33,35,55-56,60H,6-7,9,11-13,15,17-19,21,23-25,28,31-32,34,36-54H2,1-5H3,(H-,58,61,62,63)/b10-8-,16-14-,22-20-,27-26-,30-29-,35-33-. The number of phosphoric acid groups is 1. The Balaban J connectivity index is 4.28. The molecule has 384 valence electrons. The van der Waals surface area contributed by atoms with Gasteiger partial charge in [-0.25, -0.2) is 0 Å². The molecule has 0 aliphatic rings. The van der Waals surface area contributed by atoms with Gasteiger partial charge in [0, 0.05) is 6.42 Å². The van der Waals surface area contributed by atoms with Gasteiger partial charge in [0.25, 0.3) is 7.82 Å². The Morgan fingerprint density at radius 2 is 0.924 bits per heavy atom. The Bertz CT molecular complexity index is 1300. The summed E-state index contributed by atoms with van der Waals surface area (Å²) in [7, 11) is 1.29. The number of unbranched alkanes of at least 4 members (excludes halogenated alkanes) is 24. The molecule has 0 aliphatic heterocycles. The van der Waals surface area contributed by atoms with E-state index < -0.39 is 20.0 Å². The number of likely N-dealkylation sites (N-methyl/N-ethyl adjacent to an activating group) is 1. The van der Waals surface area contributed by atoms with Crippen molar-refractivity contribution in [3.8, 4) is 0 Å². The van der Waals surface area contributed by atoms with Crippen LogP contribution in [-0.2, 0) is 18.4 Å². The quantitative estimate of drug-likeness (QED) is 0.0272. The van der Waals surface area contributed by atoms with E-state index in [0.717, 1.165) is 89.9 Å². The molecule has 2 N–H and O–H groups in total. The molecule has 0 spiro atoms. The molecule has 0 aliphatic carbocycles. The van der Waals surface area contributed by atoms with E-state index in [-0.39, 0.29) is 19.1 Å². The molecule has 3 atom stereocenters. The van der Waals surface area contributed by atoms with Gasteiger partial charge < -0.3 is 28.8 Å². The number of hydrogen-bond donors (Lipinski definition) is 2. The SMILES string of the molecule is CC/C=C\C/C=C\C/C=C\C/C=C\C/C=C\C/C=C\CCCCCCCCC(=O)NC(COP(=O)([O-])OCC[N+](C)(C)C)C(O)CCCCCCCCCCCCCCCCCCCCC. The molecule has 0 rings (SSSR count). The van der Waals surface area contributed by atoms with Gasteiger partial charge in [-0.1, -0.05) is 234 Å². The topological polar surface area (TPSA) is 108 Å². The monoisotopic (exact) mass is 945 g/mol. The van der Waals surface area contributed by atoms with Crippen LogP contribution in [0.2, 0.25) is 0 Å². The second-order valence-corrected chi connectivity index (χ2v) is 21.0. The minimum Gasteiger partial charge on any atom is -0.756 e. The summed E-state index contributed by atoms with van der Waals surface area (Å²) in [5.74, 6) is -0.180. The summed E-state index contributed by atoms with van der Waals surface area (Å²) in [6.07, 6.45) is 64.9. The molecule has 3 unspecified atom stereocenters. The summed E-state index contributed by atoms with van der Waals surface area (Å²) in [4.78, 5) is 25.5. The summed E-state index contributed by atoms with van der Waals surface area (Å²) in [6.45, 7) is 4.60. The molecule has 66 heavy (non-hydrogen) atoms. The maximum atomic E-state index is 13.0. The van der Waals surface area contributed by atoms with Gasteiger partial charge in [-0.15, -0.1) is 0 Å². The molecule has 1 amide bonds. The van der Waals surface area contributed by atoms with Crippen LogP contribution in [0.25, 0.3) is 0 Å². The lowest BCUT2D eigenvalue weighted by Gasteiger charge is -2.30. The second kappa shape index (κ2) is 48.0. The minimum atomic E-state index is -4.58. The molecule has 0 saturated carbocycles. The van der Waals surface area contributed by atoms with E-state index in [1.807, 2.05) is 21.1 Å². The van der Waals surface area contributed by atoms with Gasteiger partial charge in [-0.3, -0.25) is 9.36 Å². The van der Waals surface area contributed by atoms with Crippen LogP contribution in [0, 0.1) is 0 Å². The van der Waals surface area contributed by atoms with Crippen molar-refractivity contribution >= 4 is 13.7 Å². The highest BCUT2D eigenvalue weighted by molar-refractivity contribution is 7.45. The summed E-state index contributed by atoms with van der Waals surface area (Å²) in [5, 5.41) is 14.0. The van der Waals surface area contributed by atoms with Gasteiger partial charge in [0.1, 0.15) is 13.2 Å². The number of carbonyl (C=O) groups excluding carboxylic acids is 1. The lowest BCUT2D eigenvalue weighted by atomic mass is 10.0. The maximum absolute atomic E-state index is 13.0. The largest absolute Gasteiger partial charge is 0.756 e. The molecule has 0 saturated heterocycles. The summed E-state index contributed by atoms with van der Waals surface area (Å²) in [5.41, 5.74) is 0. The summed E-state index contributed by atoms with van der Waals surface area (Å²) >= 11 is 0. The van der Waals surface area contributed by atoms with Gasteiger partial charge in [0.05, 0.1) is 39.9 Å². The van der Waals surface area contributed by atoms with Crippen LogP contribution in [0.3, 0.4) is 0 Å². The van der Waals surface area contributed by atoms with E-state index in [0.29, 0.717) is 23.9 Å². The van der Waals surface area contributed by atoms with Crippen molar-refractivity contribution in [1.29, 1.82) is 0 Å². The van der Waals surface area contributed by atoms with E-state index in [4.69, 9.17) is 9.05 Å². The van der Waals surface area contributed by atoms with Crippen molar-refractivity contribution in [1.82, 2.24) is 5.32 Å². The molecular weight excluding hydrogens is 840 g/mol. The first-order valence-corrected chi connectivity index (χ1v) is 28.7. The number of quaternary nitrogens is 1. The second-order valence-electron chi connectivity index (χ2n) is 19.6. The Kier molecular flexibility index (Phi) is 46.5. The van der Waals surface area contributed by atoms with E-state index in [1.165, 1.54) is 116 Å². The first-order chi connectivity index (χ1) is 32.0. The van der Waals surface area contributed by atoms with E-state index in [2.05, 4.69) is 92.1 Å². The Morgan fingerprint density at radius 3 is 1.35 bits per heavy atom. The predicted octanol–water partition coefficient (Wildman–Crippen LogP) is 15.7. The third kappa shape index (κ3) is 49.8. The van der Waals surface area contributed by atoms with Crippen molar-refractivity contribution in [2.45, 2.75) is 244 Å². The van der Waals surface area contributed by atoms with Gasteiger partial charge in [-0.2, -0.15) is 0 Å². The molecule has 0 bridgehead atoms. The van der Waals surface area contributed by atoms with Gasteiger partial charge in [-0.05, 0) is 64.2 Å². The number of amides is 1. The van der Waals surface area contributed by atoms with E-state index >= 15 is 0 Å². The average Bonchev–Trinajstić information content (AvgIpc) is 3.28. The van der Waals surface area contributed by atoms with Crippen molar-refractivity contribution in [2.75, 3.05) is 40.9 Å².